The van der Waals surface area contributed by atoms with Crippen molar-refractivity contribution < 1.29 is 0 Å². The minimum Gasteiger partial charge on any atom is -0.291 e. The van der Waals surface area contributed by atoms with Gasteiger partial charge in [-0.1, -0.05) is 20.3 Å². The van der Waals surface area contributed by atoms with Crippen molar-refractivity contribution in [3.8, 4) is 0 Å². The molecule has 0 N–H and O–H groups in total. The van der Waals surface area contributed by atoms with E-state index in [1.807, 2.05) is 0 Å². The first-order chi connectivity index (χ1) is 8.80. The minimum absolute atomic E-state index is 0.506. The van der Waals surface area contributed by atoms with Gasteiger partial charge < -0.3 is 0 Å². The third-order valence-corrected chi connectivity index (χ3v) is 4.83. The molecule has 2 rings (SSSR count). The van der Waals surface area contributed by atoms with E-state index in [1.165, 1.54) is 37.2 Å². The first-order valence-electron chi connectivity index (χ1n) is 7.06. The van der Waals surface area contributed by atoms with Gasteiger partial charge >= 0.3 is 0 Å². The molecule has 102 valence electrons. The number of nitrogens with zero attached hydrogens (tertiary/aromatic N) is 2. The zero-order chi connectivity index (χ0) is 13.0. The number of halogens is 1. The Balaban J connectivity index is 2.08. The second kappa shape index (κ2) is 6.88. The highest BCUT2D eigenvalue weighted by molar-refractivity contribution is 7.09. The van der Waals surface area contributed by atoms with E-state index in [2.05, 4.69) is 29.1 Å². The summed E-state index contributed by atoms with van der Waals surface area (Å²) in [4.78, 5) is 7.36. The van der Waals surface area contributed by atoms with Gasteiger partial charge in [-0.2, -0.15) is 0 Å². The maximum absolute atomic E-state index is 5.86. The van der Waals surface area contributed by atoms with E-state index in [1.54, 1.807) is 11.3 Å². The highest BCUT2D eigenvalue weighted by Crippen LogP contribution is 2.37. The van der Waals surface area contributed by atoms with Gasteiger partial charge in [0.2, 0.25) is 0 Å². The molecule has 1 aliphatic carbocycles. The van der Waals surface area contributed by atoms with Crippen LogP contribution in [0.25, 0.3) is 0 Å². The standard InChI is InChI=1S/C14H23ClN2S/c1-3-5-8-17(12-6-7-12)13(4-2)14-16-11(9-15)10-18-14/h10,12-13H,3-9H2,1-2H3. The Labute approximate surface area is 119 Å². The highest BCUT2D eigenvalue weighted by atomic mass is 35.5. The molecule has 0 radical (unpaired) electrons. The fourth-order valence-electron chi connectivity index (χ4n) is 2.43. The van der Waals surface area contributed by atoms with Crippen LogP contribution < -0.4 is 0 Å². The van der Waals surface area contributed by atoms with Crippen molar-refractivity contribution in [1.82, 2.24) is 9.88 Å². The lowest BCUT2D eigenvalue weighted by atomic mass is 10.1. The van der Waals surface area contributed by atoms with Crippen LogP contribution in [0.15, 0.2) is 5.38 Å². The van der Waals surface area contributed by atoms with E-state index < -0.39 is 0 Å². The SMILES string of the molecule is CCCCN(C1CC1)C(CC)c1nc(CCl)cs1. The van der Waals surface area contributed by atoms with Crippen LogP contribution >= 0.6 is 22.9 Å². The van der Waals surface area contributed by atoms with E-state index in [-0.39, 0.29) is 0 Å². The van der Waals surface area contributed by atoms with Crippen molar-refractivity contribution in [2.24, 2.45) is 0 Å². The molecule has 0 aliphatic heterocycles. The molecule has 1 fully saturated rings. The van der Waals surface area contributed by atoms with Gasteiger partial charge in [0.1, 0.15) is 5.01 Å². The Morgan fingerprint density at radius 2 is 2.28 bits per heavy atom. The van der Waals surface area contributed by atoms with Crippen LogP contribution in [0.3, 0.4) is 0 Å². The van der Waals surface area contributed by atoms with Crippen molar-refractivity contribution in [3.63, 3.8) is 0 Å². The first kappa shape index (κ1) is 14.3. The number of unbranched alkanes of at least 4 members (excludes halogenated alkanes) is 1. The average Bonchev–Trinajstić information content (AvgIpc) is 3.12. The van der Waals surface area contributed by atoms with Gasteiger partial charge in [-0.05, 0) is 32.2 Å². The molecule has 0 amide bonds. The molecule has 1 aromatic rings. The van der Waals surface area contributed by atoms with Gasteiger partial charge in [0, 0.05) is 11.4 Å². The smallest absolute Gasteiger partial charge is 0.110 e. The summed E-state index contributed by atoms with van der Waals surface area (Å²) < 4.78 is 0. The van der Waals surface area contributed by atoms with E-state index >= 15 is 0 Å². The van der Waals surface area contributed by atoms with Crippen LogP contribution in [0.4, 0.5) is 0 Å². The Bertz CT molecular complexity index is 362. The largest absolute Gasteiger partial charge is 0.291 e. The summed E-state index contributed by atoms with van der Waals surface area (Å²) >= 11 is 7.63. The van der Waals surface area contributed by atoms with E-state index in [0.717, 1.165) is 18.2 Å². The van der Waals surface area contributed by atoms with Crippen molar-refractivity contribution >= 4 is 22.9 Å². The number of aromatic nitrogens is 1. The fraction of sp³-hybridized carbons (Fsp3) is 0.786. The molecule has 0 saturated heterocycles. The van der Waals surface area contributed by atoms with Crippen molar-refractivity contribution in [2.75, 3.05) is 6.54 Å². The third kappa shape index (κ3) is 3.46. The molecule has 0 spiro atoms. The summed E-state index contributed by atoms with van der Waals surface area (Å²) in [6.07, 6.45) is 6.45. The Kier molecular flexibility index (Phi) is 5.46. The van der Waals surface area contributed by atoms with Gasteiger partial charge in [-0.25, -0.2) is 4.98 Å². The van der Waals surface area contributed by atoms with Gasteiger partial charge in [0.05, 0.1) is 17.6 Å². The van der Waals surface area contributed by atoms with E-state index in [9.17, 15) is 0 Å². The summed E-state index contributed by atoms with van der Waals surface area (Å²) in [7, 11) is 0. The van der Waals surface area contributed by atoms with Crippen LogP contribution in [0.5, 0.6) is 0 Å². The maximum atomic E-state index is 5.86. The minimum atomic E-state index is 0.506. The summed E-state index contributed by atoms with van der Waals surface area (Å²) in [5, 5.41) is 3.37. The lowest BCUT2D eigenvalue weighted by Crippen LogP contribution is -2.31. The molecule has 1 aliphatic rings. The summed E-state index contributed by atoms with van der Waals surface area (Å²) in [6, 6.07) is 1.32. The molecule has 0 bridgehead atoms. The zero-order valence-corrected chi connectivity index (χ0v) is 12.9. The second-order valence-corrected chi connectivity index (χ2v) is 6.21. The topological polar surface area (TPSA) is 16.1 Å². The summed E-state index contributed by atoms with van der Waals surface area (Å²) in [5.41, 5.74) is 1.03. The molecule has 1 aromatic heterocycles. The van der Waals surface area contributed by atoms with E-state index in [4.69, 9.17) is 11.6 Å². The van der Waals surface area contributed by atoms with Crippen LogP contribution in [-0.4, -0.2) is 22.5 Å². The Morgan fingerprint density at radius 3 is 2.78 bits per heavy atom. The molecule has 1 atom stereocenters. The van der Waals surface area contributed by atoms with Gasteiger partial charge in [0.15, 0.2) is 0 Å². The maximum Gasteiger partial charge on any atom is 0.110 e. The molecule has 1 saturated carbocycles. The Hall–Kier alpha value is -0.120. The molecular weight excluding hydrogens is 264 g/mol. The number of hydrogen-bond acceptors (Lipinski definition) is 3. The fourth-order valence-corrected chi connectivity index (χ4v) is 3.68. The molecule has 2 nitrogen and oxygen atoms in total. The number of hydrogen-bond donors (Lipinski definition) is 0. The molecule has 1 unspecified atom stereocenters. The second-order valence-electron chi connectivity index (χ2n) is 5.06. The normalized spacial score (nSPS) is 17.3. The van der Waals surface area contributed by atoms with Crippen LogP contribution in [0.1, 0.15) is 62.7 Å². The summed E-state index contributed by atoms with van der Waals surface area (Å²) in [6.45, 7) is 5.75. The van der Waals surface area contributed by atoms with Crippen LogP contribution in [0.2, 0.25) is 0 Å². The molecule has 18 heavy (non-hydrogen) atoms. The predicted molar refractivity (Wildman–Crippen MR) is 79.3 cm³/mol. The van der Waals surface area contributed by atoms with Crippen molar-refractivity contribution in [1.29, 1.82) is 0 Å². The predicted octanol–water partition coefficient (Wildman–Crippen LogP) is 4.60. The quantitative estimate of drug-likeness (QED) is 0.650. The van der Waals surface area contributed by atoms with E-state index in [0.29, 0.717) is 11.9 Å². The number of thiazole rings is 1. The number of alkyl halides is 1. The monoisotopic (exact) mass is 286 g/mol. The third-order valence-electron chi connectivity index (χ3n) is 3.56. The Morgan fingerprint density at radius 1 is 1.50 bits per heavy atom. The van der Waals surface area contributed by atoms with Gasteiger partial charge in [0.25, 0.3) is 0 Å². The van der Waals surface area contributed by atoms with Gasteiger partial charge in [-0.15, -0.1) is 22.9 Å². The molecule has 0 aromatic carbocycles. The number of rotatable bonds is 8. The lowest BCUT2D eigenvalue weighted by molar-refractivity contribution is 0.178. The van der Waals surface area contributed by atoms with Crippen molar-refractivity contribution in [2.45, 2.75) is 63.9 Å². The lowest BCUT2D eigenvalue weighted by Gasteiger charge is -2.29. The van der Waals surface area contributed by atoms with Crippen LogP contribution in [-0.2, 0) is 5.88 Å². The molecule has 4 heteroatoms. The van der Waals surface area contributed by atoms with Gasteiger partial charge in [-0.3, -0.25) is 4.90 Å². The first-order valence-corrected chi connectivity index (χ1v) is 8.47. The molecule has 1 heterocycles. The summed E-state index contributed by atoms with van der Waals surface area (Å²) in [5.74, 6) is 0.533. The molecular formula is C14H23ClN2S. The van der Waals surface area contributed by atoms with Crippen LogP contribution in [0, 0.1) is 0 Å². The average molecular weight is 287 g/mol. The van der Waals surface area contributed by atoms with Crippen molar-refractivity contribution in [3.05, 3.63) is 16.1 Å². The zero-order valence-electron chi connectivity index (χ0n) is 11.4. The highest BCUT2D eigenvalue weighted by Gasteiger charge is 2.34.